The molecule has 0 unspecified atom stereocenters. The van der Waals surface area contributed by atoms with Crippen molar-refractivity contribution in [1.82, 2.24) is 14.5 Å². The summed E-state index contributed by atoms with van der Waals surface area (Å²) in [4.78, 5) is 41.0. The Hall–Kier alpha value is -2.66. The minimum absolute atomic E-state index is 0.0446. The van der Waals surface area contributed by atoms with Crippen molar-refractivity contribution in [3.8, 4) is 5.75 Å². The lowest BCUT2D eigenvalue weighted by molar-refractivity contribution is -0.104. The van der Waals surface area contributed by atoms with E-state index < -0.39 is 34.7 Å². The number of carbonyl (C=O) groups excluding carboxylic acids is 1. The van der Waals surface area contributed by atoms with Crippen LogP contribution in [0.15, 0.2) is 4.79 Å². The van der Waals surface area contributed by atoms with Gasteiger partial charge < -0.3 is 29.7 Å². The van der Waals surface area contributed by atoms with Crippen LogP contribution in [0.5, 0.6) is 5.75 Å². The average Bonchev–Trinajstić information content (AvgIpc) is 2.67. The Morgan fingerprint density at radius 3 is 2.41 bits per heavy atom. The highest BCUT2D eigenvalue weighted by Crippen LogP contribution is 2.36. The Labute approximate surface area is 154 Å². The van der Waals surface area contributed by atoms with Gasteiger partial charge in [0.2, 0.25) is 5.75 Å². The predicted molar refractivity (Wildman–Crippen MR) is 90.7 cm³/mol. The topological polar surface area (TPSA) is 151 Å². The number of rotatable bonds is 6. The summed E-state index contributed by atoms with van der Waals surface area (Å²) in [6.07, 6.45) is -0.0972. The molecule has 0 radical (unpaired) electrons. The molecule has 0 spiro atoms. The summed E-state index contributed by atoms with van der Waals surface area (Å²) in [6, 6.07) is 0. The maximum atomic E-state index is 12.4. The molecule has 1 aliphatic heterocycles. The van der Waals surface area contributed by atoms with E-state index in [2.05, 4.69) is 4.98 Å². The Morgan fingerprint density at radius 2 is 1.93 bits per heavy atom. The highest BCUT2D eigenvalue weighted by Gasteiger charge is 2.43. The maximum Gasteiger partial charge on any atom is 0.409 e. The predicted octanol–water partition coefficient (Wildman–Crippen LogP) is -0.267. The molecule has 11 nitrogen and oxygen atoms in total. The molecular weight excluding hydrogens is 362 g/mol. The van der Waals surface area contributed by atoms with E-state index in [-0.39, 0.29) is 51.5 Å². The normalized spacial score (nSPS) is 16.2. The van der Waals surface area contributed by atoms with E-state index in [1.54, 1.807) is 6.92 Å². The number of hydrogen-bond donors (Lipinski definition) is 3. The lowest BCUT2D eigenvalue weighted by Crippen LogP contribution is -2.49. The third kappa shape index (κ3) is 3.88. The number of aromatic nitrogens is 2. The molecule has 11 heteroatoms. The SMILES string of the molecule is CCn1c(C2(OCCO)CCN(C(=O)OC)CC2)nc(C(=O)O)c(O)c1=O. The highest BCUT2D eigenvalue weighted by molar-refractivity contribution is 5.88. The quantitative estimate of drug-likeness (QED) is 0.601. The standard InChI is InChI=1S/C16H23N3O8/c1-3-19-12(22)11(21)10(13(23)24)17-14(19)16(27-9-8-20)4-6-18(7-5-16)15(25)26-2/h20-21H,3-9H2,1-2H3,(H,23,24). The van der Waals surface area contributed by atoms with Crippen LogP contribution in [0.2, 0.25) is 0 Å². The summed E-state index contributed by atoms with van der Waals surface area (Å²) in [6.45, 7) is 1.86. The van der Waals surface area contributed by atoms with Gasteiger partial charge in [-0.05, 0) is 6.92 Å². The van der Waals surface area contributed by atoms with Crippen molar-refractivity contribution in [1.29, 1.82) is 0 Å². The van der Waals surface area contributed by atoms with E-state index in [1.807, 2.05) is 0 Å². The number of ether oxygens (including phenoxy) is 2. The molecule has 1 amide bonds. The number of aromatic hydroxyl groups is 1. The van der Waals surface area contributed by atoms with Crippen molar-refractivity contribution in [2.75, 3.05) is 33.4 Å². The zero-order valence-electron chi connectivity index (χ0n) is 15.2. The number of aliphatic hydroxyl groups is 1. The van der Waals surface area contributed by atoms with Crippen molar-refractivity contribution in [2.24, 2.45) is 0 Å². The maximum absolute atomic E-state index is 12.4. The van der Waals surface area contributed by atoms with Crippen LogP contribution in [0.3, 0.4) is 0 Å². The third-order valence-corrected chi connectivity index (χ3v) is 4.55. The van der Waals surface area contributed by atoms with Crippen LogP contribution in [-0.4, -0.2) is 75.2 Å². The number of methoxy groups -OCH3 is 1. The number of carbonyl (C=O) groups is 2. The summed E-state index contributed by atoms with van der Waals surface area (Å²) in [5, 5.41) is 28.3. The molecule has 1 saturated heterocycles. The number of carboxylic acid groups (broad SMARTS) is 1. The largest absolute Gasteiger partial charge is 0.501 e. The van der Waals surface area contributed by atoms with Crippen LogP contribution in [0, 0.1) is 0 Å². The molecule has 27 heavy (non-hydrogen) atoms. The molecule has 1 aromatic heterocycles. The van der Waals surface area contributed by atoms with Gasteiger partial charge in [0.25, 0.3) is 5.56 Å². The molecule has 150 valence electrons. The summed E-state index contributed by atoms with van der Waals surface area (Å²) >= 11 is 0. The fraction of sp³-hybridized carbons (Fsp3) is 0.625. The molecule has 3 N–H and O–H groups in total. The molecule has 2 heterocycles. The van der Waals surface area contributed by atoms with Gasteiger partial charge in [-0.2, -0.15) is 0 Å². The van der Waals surface area contributed by atoms with Crippen LogP contribution >= 0.6 is 0 Å². The van der Waals surface area contributed by atoms with Gasteiger partial charge in [0, 0.05) is 32.5 Å². The molecular formula is C16H23N3O8. The van der Waals surface area contributed by atoms with Gasteiger partial charge in [-0.3, -0.25) is 9.36 Å². The summed E-state index contributed by atoms with van der Waals surface area (Å²) in [5.74, 6) is -2.45. The molecule has 0 atom stereocenters. The molecule has 1 fully saturated rings. The van der Waals surface area contributed by atoms with Crippen LogP contribution in [0.4, 0.5) is 4.79 Å². The number of aromatic carboxylic acids is 1. The van der Waals surface area contributed by atoms with E-state index in [9.17, 15) is 29.7 Å². The lowest BCUT2D eigenvalue weighted by Gasteiger charge is -2.41. The molecule has 2 rings (SSSR count). The number of likely N-dealkylation sites (tertiary alicyclic amines) is 1. The minimum atomic E-state index is -1.54. The smallest absolute Gasteiger partial charge is 0.409 e. The number of nitrogens with zero attached hydrogens (tertiary/aromatic N) is 3. The van der Waals surface area contributed by atoms with Crippen LogP contribution < -0.4 is 5.56 Å². The first-order chi connectivity index (χ1) is 12.8. The van der Waals surface area contributed by atoms with Gasteiger partial charge >= 0.3 is 12.1 Å². The van der Waals surface area contributed by atoms with Gasteiger partial charge in [0.05, 0.1) is 20.3 Å². The molecule has 1 aromatic rings. The van der Waals surface area contributed by atoms with Crippen LogP contribution in [-0.2, 0) is 21.6 Å². The highest BCUT2D eigenvalue weighted by atomic mass is 16.5. The third-order valence-electron chi connectivity index (χ3n) is 4.55. The van der Waals surface area contributed by atoms with Crippen molar-refractivity contribution in [3.63, 3.8) is 0 Å². The lowest BCUT2D eigenvalue weighted by atomic mass is 9.89. The van der Waals surface area contributed by atoms with Crippen molar-refractivity contribution >= 4 is 12.1 Å². The van der Waals surface area contributed by atoms with Crippen molar-refractivity contribution < 1.29 is 34.4 Å². The van der Waals surface area contributed by atoms with Crippen LogP contribution in [0.1, 0.15) is 36.1 Å². The van der Waals surface area contributed by atoms with Crippen molar-refractivity contribution in [3.05, 3.63) is 21.9 Å². The number of hydrogen-bond acceptors (Lipinski definition) is 8. The van der Waals surface area contributed by atoms with E-state index in [0.29, 0.717) is 0 Å². The first-order valence-corrected chi connectivity index (χ1v) is 8.46. The van der Waals surface area contributed by atoms with Crippen LogP contribution in [0.25, 0.3) is 0 Å². The number of amides is 1. The van der Waals surface area contributed by atoms with Crippen molar-refractivity contribution in [2.45, 2.75) is 31.9 Å². The summed E-state index contributed by atoms with van der Waals surface area (Å²) in [5.41, 5.74) is -2.84. The summed E-state index contributed by atoms with van der Waals surface area (Å²) < 4.78 is 11.7. The Bertz CT molecular complexity index is 768. The number of piperidine rings is 1. The molecule has 1 aliphatic rings. The average molecular weight is 385 g/mol. The first-order valence-electron chi connectivity index (χ1n) is 8.46. The molecule has 0 aliphatic carbocycles. The zero-order chi connectivity index (χ0) is 20.2. The Kier molecular flexibility index (Phi) is 6.39. The van der Waals surface area contributed by atoms with Gasteiger partial charge in [-0.1, -0.05) is 0 Å². The second-order valence-corrected chi connectivity index (χ2v) is 6.01. The second-order valence-electron chi connectivity index (χ2n) is 6.01. The number of aliphatic hydroxyl groups excluding tert-OH is 1. The van der Waals surface area contributed by atoms with E-state index in [4.69, 9.17) is 9.47 Å². The van der Waals surface area contributed by atoms with Gasteiger partial charge in [0.15, 0.2) is 5.69 Å². The van der Waals surface area contributed by atoms with Gasteiger partial charge in [0.1, 0.15) is 11.4 Å². The number of carboxylic acids is 1. The second kappa shape index (κ2) is 8.35. The zero-order valence-corrected chi connectivity index (χ0v) is 15.2. The molecule has 0 bridgehead atoms. The fourth-order valence-corrected chi connectivity index (χ4v) is 3.19. The molecule has 0 saturated carbocycles. The Balaban J connectivity index is 2.56. The van der Waals surface area contributed by atoms with Gasteiger partial charge in [-0.25, -0.2) is 14.6 Å². The monoisotopic (exact) mass is 385 g/mol. The van der Waals surface area contributed by atoms with E-state index >= 15 is 0 Å². The minimum Gasteiger partial charge on any atom is -0.501 e. The van der Waals surface area contributed by atoms with Gasteiger partial charge in [-0.15, -0.1) is 0 Å². The first kappa shape index (κ1) is 20.6. The molecule has 0 aromatic carbocycles. The Morgan fingerprint density at radius 1 is 1.30 bits per heavy atom. The van der Waals surface area contributed by atoms with E-state index in [0.717, 1.165) is 4.57 Å². The van der Waals surface area contributed by atoms with E-state index in [1.165, 1.54) is 12.0 Å². The summed E-state index contributed by atoms with van der Waals surface area (Å²) in [7, 11) is 1.27. The fourth-order valence-electron chi connectivity index (χ4n) is 3.19.